The van der Waals surface area contributed by atoms with E-state index in [2.05, 4.69) is 5.32 Å². The minimum Gasteiger partial charge on any atom is -0.463 e. The van der Waals surface area contributed by atoms with Gasteiger partial charge >= 0.3 is 5.97 Å². The van der Waals surface area contributed by atoms with Gasteiger partial charge in [-0.05, 0) is 19.4 Å². The molecule has 0 radical (unpaired) electrons. The molecule has 0 spiro atoms. The Hall–Kier alpha value is -2.67. The molecule has 126 valence electrons. The van der Waals surface area contributed by atoms with E-state index in [0.717, 1.165) is 0 Å². The molecule has 0 saturated heterocycles. The van der Waals surface area contributed by atoms with Crippen LogP contribution < -0.4 is 5.32 Å². The highest BCUT2D eigenvalue weighted by Crippen LogP contribution is 2.39. The maximum Gasteiger partial charge on any atom is 0.336 e. The molecule has 0 aromatic heterocycles. The Labute approximate surface area is 143 Å². The zero-order chi connectivity index (χ0) is 17.9. The lowest BCUT2D eigenvalue weighted by atomic mass is 9.82. The van der Waals surface area contributed by atoms with Crippen molar-refractivity contribution < 1.29 is 19.2 Å². The number of nitrogens with one attached hydrogen (secondary N) is 1. The fourth-order valence-electron chi connectivity index (χ4n) is 2.54. The van der Waals surface area contributed by atoms with Crippen molar-refractivity contribution in [2.24, 2.45) is 0 Å². The molecule has 1 N–H and O–H groups in total. The van der Waals surface area contributed by atoms with Crippen molar-refractivity contribution in [3.05, 3.63) is 61.9 Å². The first-order valence-corrected chi connectivity index (χ1v) is 7.52. The number of hydrogen-bond acceptors (Lipinski definition) is 6. The third-order valence-electron chi connectivity index (χ3n) is 3.61. The summed E-state index contributed by atoms with van der Waals surface area (Å²) in [7, 11) is 0. The molecule has 0 fully saturated rings. The summed E-state index contributed by atoms with van der Waals surface area (Å²) in [5.74, 6) is -1.33. The number of carbonyl (C=O) groups excluding carboxylic acids is 2. The van der Waals surface area contributed by atoms with Gasteiger partial charge in [-0.25, -0.2) is 4.79 Å². The van der Waals surface area contributed by atoms with Crippen LogP contribution in [-0.2, 0) is 14.3 Å². The van der Waals surface area contributed by atoms with Crippen LogP contribution in [0.2, 0.25) is 0 Å². The molecule has 8 heteroatoms. The molecule has 2 rings (SSSR count). The number of non-ortho nitro benzene ring substituents is 1. The van der Waals surface area contributed by atoms with E-state index in [4.69, 9.17) is 16.3 Å². The lowest BCUT2D eigenvalue weighted by Crippen LogP contribution is -2.29. The molecule has 1 aliphatic rings. The van der Waals surface area contributed by atoms with Crippen molar-refractivity contribution in [2.75, 3.05) is 6.61 Å². The lowest BCUT2D eigenvalue weighted by molar-refractivity contribution is -0.384. The van der Waals surface area contributed by atoms with Crippen LogP contribution in [0.25, 0.3) is 0 Å². The summed E-state index contributed by atoms with van der Waals surface area (Å²) in [6.45, 7) is 3.50. The summed E-state index contributed by atoms with van der Waals surface area (Å²) in [5.41, 5.74) is 1.32. The molecule has 1 aromatic rings. The van der Waals surface area contributed by atoms with Crippen LogP contribution in [0.1, 0.15) is 25.3 Å². The maximum absolute atomic E-state index is 12.3. The molecule has 1 atom stereocenters. The number of rotatable bonds is 5. The Morgan fingerprint density at radius 1 is 1.42 bits per heavy atom. The van der Waals surface area contributed by atoms with Gasteiger partial charge in [0.1, 0.15) is 11.4 Å². The highest BCUT2D eigenvalue weighted by atomic mass is 35.5. The highest BCUT2D eigenvalue weighted by Gasteiger charge is 2.34. The number of nitro groups is 1. The molecule has 0 bridgehead atoms. The van der Waals surface area contributed by atoms with Gasteiger partial charge in [0.2, 0.25) is 0 Å². The van der Waals surface area contributed by atoms with E-state index >= 15 is 0 Å². The van der Waals surface area contributed by atoms with Crippen molar-refractivity contribution in [2.45, 2.75) is 19.8 Å². The van der Waals surface area contributed by atoms with Crippen LogP contribution in [0.15, 0.2) is 46.3 Å². The van der Waals surface area contributed by atoms with Gasteiger partial charge in [-0.3, -0.25) is 14.9 Å². The maximum atomic E-state index is 12.3. The van der Waals surface area contributed by atoms with Gasteiger partial charge in [0.05, 0.1) is 17.1 Å². The highest BCUT2D eigenvalue weighted by molar-refractivity contribution is 6.31. The second-order valence-electron chi connectivity index (χ2n) is 5.05. The average Bonchev–Trinajstić information content (AvgIpc) is 2.54. The molecule has 0 aliphatic carbocycles. The Kier molecular flexibility index (Phi) is 5.35. The Balaban J connectivity index is 2.57. The van der Waals surface area contributed by atoms with Crippen LogP contribution in [0.3, 0.4) is 0 Å². The predicted octanol–water partition coefficient (Wildman–Crippen LogP) is 2.77. The number of halogens is 1. The van der Waals surface area contributed by atoms with E-state index in [9.17, 15) is 19.7 Å². The zero-order valence-corrected chi connectivity index (χ0v) is 13.8. The van der Waals surface area contributed by atoms with Gasteiger partial charge in [-0.15, -0.1) is 0 Å². The standard InChI is InChI=1S/C16H15ClN2O5/c1-3-24-16(21)13-9(2)18-15(17)12(8-20)14(13)10-4-6-11(7-5-10)19(22)23/h4-8,14,18H,3H2,1-2H3/t14-/m0/s1. The number of dihydropyridines is 1. The van der Waals surface area contributed by atoms with Crippen LogP contribution in [0.4, 0.5) is 5.69 Å². The monoisotopic (exact) mass is 350 g/mol. The summed E-state index contributed by atoms with van der Waals surface area (Å²) in [4.78, 5) is 34.1. The third-order valence-corrected chi connectivity index (χ3v) is 3.93. The fraction of sp³-hybridized carbons (Fsp3) is 0.250. The first-order chi connectivity index (χ1) is 11.4. The molecular formula is C16H15ClN2O5. The van der Waals surface area contributed by atoms with Crippen molar-refractivity contribution >= 4 is 29.5 Å². The van der Waals surface area contributed by atoms with E-state index in [0.29, 0.717) is 17.5 Å². The molecule has 0 saturated carbocycles. The SMILES string of the molecule is CCOC(=O)C1=C(C)NC(Cl)=C(C=O)[C@@H]1c1ccc([N+](=O)[O-])cc1. The predicted molar refractivity (Wildman–Crippen MR) is 87.2 cm³/mol. The number of esters is 1. The number of allylic oxidation sites excluding steroid dienone is 2. The summed E-state index contributed by atoms with van der Waals surface area (Å²) in [6.07, 6.45) is 0.563. The third kappa shape index (κ3) is 3.30. The molecule has 0 amide bonds. The number of nitro benzene ring substituents is 1. The molecule has 1 aliphatic heterocycles. The number of hydrogen-bond donors (Lipinski definition) is 1. The summed E-state index contributed by atoms with van der Waals surface area (Å²) >= 11 is 6.09. The van der Waals surface area contributed by atoms with E-state index in [1.807, 2.05) is 0 Å². The minimum atomic E-state index is -0.754. The average molecular weight is 351 g/mol. The Bertz CT molecular complexity index is 752. The first-order valence-electron chi connectivity index (χ1n) is 7.14. The van der Waals surface area contributed by atoms with Gasteiger partial charge in [-0.2, -0.15) is 0 Å². The van der Waals surface area contributed by atoms with E-state index in [1.54, 1.807) is 13.8 Å². The topological polar surface area (TPSA) is 98.5 Å². The molecule has 24 heavy (non-hydrogen) atoms. The summed E-state index contributed by atoms with van der Waals surface area (Å²) in [6, 6.07) is 5.61. The largest absolute Gasteiger partial charge is 0.463 e. The van der Waals surface area contributed by atoms with Gasteiger partial charge in [0.15, 0.2) is 0 Å². The van der Waals surface area contributed by atoms with Crippen molar-refractivity contribution in [3.63, 3.8) is 0 Å². The Morgan fingerprint density at radius 3 is 2.54 bits per heavy atom. The van der Waals surface area contributed by atoms with E-state index < -0.39 is 16.8 Å². The number of carbonyl (C=O) groups is 2. The van der Waals surface area contributed by atoms with Gasteiger partial charge in [0, 0.05) is 29.3 Å². The lowest BCUT2D eigenvalue weighted by Gasteiger charge is -2.28. The number of ether oxygens (including phenoxy) is 1. The fourth-order valence-corrected chi connectivity index (χ4v) is 2.83. The number of nitrogens with zero attached hydrogens (tertiary/aromatic N) is 1. The van der Waals surface area contributed by atoms with E-state index in [-0.39, 0.29) is 28.6 Å². The second kappa shape index (κ2) is 7.27. The molecule has 7 nitrogen and oxygen atoms in total. The van der Waals surface area contributed by atoms with Crippen LogP contribution in [0.5, 0.6) is 0 Å². The Morgan fingerprint density at radius 2 is 2.04 bits per heavy atom. The molecule has 1 aromatic carbocycles. The molecule has 0 unspecified atom stereocenters. The first kappa shape index (κ1) is 17.7. The summed E-state index contributed by atoms with van der Waals surface area (Å²) in [5, 5.41) is 13.7. The van der Waals surface area contributed by atoms with E-state index in [1.165, 1.54) is 24.3 Å². The minimum absolute atomic E-state index is 0.0891. The van der Waals surface area contributed by atoms with Crippen molar-refractivity contribution in [1.29, 1.82) is 0 Å². The smallest absolute Gasteiger partial charge is 0.336 e. The number of aldehydes is 1. The van der Waals surface area contributed by atoms with Crippen molar-refractivity contribution in [1.82, 2.24) is 5.32 Å². The van der Waals surface area contributed by atoms with Gasteiger partial charge in [-0.1, -0.05) is 23.7 Å². The van der Waals surface area contributed by atoms with Crippen LogP contribution in [0, 0.1) is 10.1 Å². The molecule has 1 heterocycles. The van der Waals surface area contributed by atoms with Crippen LogP contribution in [-0.4, -0.2) is 23.8 Å². The van der Waals surface area contributed by atoms with Gasteiger partial charge in [0.25, 0.3) is 5.69 Å². The van der Waals surface area contributed by atoms with Crippen molar-refractivity contribution in [3.8, 4) is 0 Å². The van der Waals surface area contributed by atoms with Crippen LogP contribution >= 0.6 is 11.6 Å². The quantitative estimate of drug-likeness (QED) is 0.288. The molecular weight excluding hydrogens is 336 g/mol. The summed E-state index contributed by atoms with van der Waals surface area (Å²) < 4.78 is 5.07. The zero-order valence-electron chi connectivity index (χ0n) is 13.0. The normalized spacial score (nSPS) is 17.4. The number of benzene rings is 1. The van der Waals surface area contributed by atoms with Gasteiger partial charge < -0.3 is 10.1 Å². The second-order valence-corrected chi connectivity index (χ2v) is 5.43.